The summed E-state index contributed by atoms with van der Waals surface area (Å²) in [6, 6.07) is 0.698. The zero-order valence-electron chi connectivity index (χ0n) is 13.6. The molecule has 0 aromatic heterocycles. The Bertz CT molecular complexity index is 764. The van der Waals surface area contributed by atoms with E-state index in [1.807, 2.05) is 0 Å². The van der Waals surface area contributed by atoms with Crippen molar-refractivity contribution in [3.63, 3.8) is 0 Å². The first-order valence-corrected chi connectivity index (χ1v) is 7.81. The first-order chi connectivity index (χ1) is 12.0. The molecule has 152 valence electrons. The van der Waals surface area contributed by atoms with Gasteiger partial charge in [0.1, 0.15) is 11.5 Å². The van der Waals surface area contributed by atoms with Crippen molar-refractivity contribution in [3.8, 4) is 11.5 Å². The van der Waals surface area contributed by atoms with Crippen LogP contribution in [0.1, 0.15) is 37.3 Å². The number of hydrogen-bond donors (Lipinski definition) is 1. The maximum Gasteiger partial charge on any atom is 0.573 e. The number of phenols is 1. The second-order valence-electron chi connectivity index (χ2n) is 7.04. The Kier molecular flexibility index (Phi) is 3.97. The molecule has 2 nitrogen and oxygen atoms in total. The molecule has 0 saturated heterocycles. The lowest BCUT2D eigenvalue weighted by molar-refractivity contribution is -0.275. The Morgan fingerprint density at radius 1 is 1.04 bits per heavy atom. The average molecular weight is 408 g/mol. The van der Waals surface area contributed by atoms with Crippen molar-refractivity contribution < 1.29 is 49.4 Å². The summed E-state index contributed by atoms with van der Waals surface area (Å²) in [6.45, 7) is 0.756. The summed E-state index contributed by atoms with van der Waals surface area (Å²) in [6.07, 6.45) is -11.6. The third-order valence-electron chi connectivity index (χ3n) is 5.22. The van der Waals surface area contributed by atoms with E-state index in [9.17, 15) is 44.6 Å². The molecule has 2 aliphatic rings. The maximum absolute atomic E-state index is 14.8. The number of benzene rings is 1. The summed E-state index contributed by atoms with van der Waals surface area (Å²) in [5.41, 5.74) is -6.96. The molecule has 2 aliphatic carbocycles. The first-order valence-electron chi connectivity index (χ1n) is 7.81. The smallest absolute Gasteiger partial charge is 0.508 e. The second-order valence-corrected chi connectivity index (χ2v) is 7.04. The summed E-state index contributed by atoms with van der Waals surface area (Å²) >= 11 is 0. The van der Waals surface area contributed by atoms with Gasteiger partial charge in [-0.3, -0.25) is 0 Å². The number of alkyl halides is 9. The third kappa shape index (κ3) is 3.18. The molecule has 2 unspecified atom stereocenters. The van der Waals surface area contributed by atoms with Gasteiger partial charge in [0.25, 0.3) is 5.92 Å². The van der Waals surface area contributed by atoms with Crippen LogP contribution in [0.5, 0.6) is 11.5 Å². The third-order valence-corrected chi connectivity index (χ3v) is 5.22. The van der Waals surface area contributed by atoms with Gasteiger partial charge in [-0.1, -0.05) is 6.92 Å². The van der Waals surface area contributed by atoms with Crippen molar-refractivity contribution in [2.24, 2.45) is 5.92 Å². The summed E-state index contributed by atoms with van der Waals surface area (Å²) in [5.74, 6) is -8.43. The second kappa shape index (κ2) is 5.38. The molecule has 0 heterocycles. The minimum atomic E-state index is -5.38. The lowest BCUT2D eigenvalue weighted by Gasteiger charge is -2.23. The minimum Gasteiger partial charge on any atom is -0.508 e. The summed E-state index contributed by atoms with van der Waals surface area (Å²) in [5, 5.41) is 9.94. The highest BCUT2D eigenvalue weighted by molar-refractivity contribution is 5.56. The highest BCUT2D eigenvalue weighted by atomic mass is 19.4. The van der Waals surface area contributed by atoms with E-state index < -0.39 is 64.5 Å². The van der Waals surface area contributed by atoms with Crippen LogP contribution in [0.4, 0.5) is 39.5 Å². The van der Waals surface area contributed by atoms with Gasteiger partial charge in [0.2, 0.25) is 5.67 Å². The number of rotatable bonds is 4. The average Bonchev–Trinajstić information content (AvgIpc) is 3.29. The van der Waals surface area contributed by atoms with Crippen LogP contribution in [-0.4, -0.2) is 23.6 Å². The molecule has 2 atom stereocenters. The van der Waals surface area contributed by atoms with E-state index in [1.54, 1.807) is 0 Å². The molecule has 1 aromatic carbocycles. The molecule has 0 bridgehead atoms. The molecule has 1 aromatic rings. The van der Waals surface area contributed by atoms with Crippen LogP contribution in [0.25, 0.3) is 0 Å². The lowest BCUT2D eigenvalue weighted by Crippen LogP contribution is -2.23. The standard InChI is InChI=1S/C16H13F9O2/c1-7-14(20,15(7,21)22)9-4-8(12(2-3-12)6-13(17,18)19)10(26)5-11(9)27-16(23,24)25/h4-5,7,26H,2-3,6H2,1H3. The van der Waals surface area contributed by atoms with Crippen molar-refractivity contribution in [2.45, 2.75) is 55.7 Å². The maximum atomic E-state index is 14.8. The predicted molar refractivity (Wildman–Crippen MR) is 73.3 cm³/mol. The van der Waals surface area contributed by atoms with E-state index in [4.69, 9.17) is 0 Å². The Hall–Kier alpha value is -1.81. The fourth-order valence-corrected chi connectivity index (χ4v) is 3.51. The zero-order chi connectivity index (χ0) is 20.6. The molecule has 0 amide bonds. The fraction of sp³-hybridized carbons (Fsp3) is 0.625. The van der Waals surface area contributed by atoms with Gasteiger partial charge in [-0.15, -0.1) is 13.2 Å². The Balaban J connectivity index is 2.13. The Morgan fingerprint density at radius 2 is 1.56 bits per heavy atom. The summed E-state index contributed by atoms with van der Waals surface area (Å²) in [7, 11) is 0. The van der Waals surface area contributed by atoms with E-state index in [0.29, 0.717) is 6.07 Å². The van der Waals surface area contributed by atoms with Crippen LogP contribution in [0, 0.1) is 5.92 Å². The van der Waals surface area contributed by atoms with Crippen LogP contribution in [-0.2, 0) is 11.1 Å². The molecule has 2 fully saturated rings. The van der Waals surface area contributed by atoms with Crippen molar-refractivity contribution in [1.29, 1.82) is 0 Å². The molecule has 11 heteroatoms. The van der Waals surface area contributed by atoms with E-state index in [0.717, 1.165) is 6.92 Å². The quantitative estimate of drug-likeness (QED) is 0.646. The Labute approximate surface area is 146 Å². The Morgan fingerprint density at radius 3 is 1.93 bits per heavy atom. The topological polar surface area (TPSA) is 29.5 Å². The predicted octanol–water partition coefficient (Wildman–Crippen LogP) is 5.72. The summed E-state index contributed by atoms with van der Waals surface area (Å²) < 4.78 is 122. The largest absolute Gasteiger partial charge is 0.573 e. The number of phenolic OH excluding ortho intramolecular Hbond substituents is 1. The lowest BCUT2D eigenvalue weighted by atomic mass is 9.88. The van der Waals surface area contributed by atoms with Crippen molar-refractivity contribution in [1.82, 2.24) is 0 Å². The van der Waals surface area contributed by atoms with Crippen LogP contribution in [0.15, 0.2) is 12.1 Å². The molecule has 27 heavy (non-hydrogen) atoms. The highest BCUT2D eigenvalue weighted by Gasteiger charge is 2.82. The molecule has 1 N–H and O–H groups in total. The van der Waals surface area contributed by atoms with Gasteiger partial charge in [0.15, 0.2) is 0 Å². The number of aromatic hydroxyl groups is 1. The monoisotopic (exact) mass is 408 g/mol. The molecule has 3 rings (SSSR count). The molecular formula is C16H13F9O2. The van der Waals surface area contributed by atoms with E-state index >= 15 is 0 Å². The zero-order valence-corrected chi connectivity index (χ0v) is 13.6. The molecular weight excluding hydrogens is 395 g/mol. The molecule has 0 aliphatic heterocycles. The normalized spacial score (nSPS) is 28.7. The highest BCUT2D eigenvalue weighted by Crippen LogP contribution is 2.70. The van der Waals surface area contributed by atoms with Gasteiger partial charge in [-0.05, 0) is 18.9 Å². The van der Waals surface area contributed by atoms with E-state index in [2.05, 4.69) is 4.74 Å². The van der Waals surface area contributed by atoms with Crippen molar-refractivity contribution >= 4 is 0 Å². The summed E-state index contributed by atoms with van der Waals surface area (Å²) in [4.78, 5) is 0. The SMILES string of the molecule is CC1C(F)(F)C1(F)c1cc(C2(CC(F)(F)F)CC2)c(O)cc1OC(F)(F)F. The van der Waals surface area contributed by atoms with Gasteiger partial charge < -0.3 is 9.84 Å². The fourth-order valence-electron chi connectivity index (χ4n) is 3.51. The van der Waals surface area contributed by atoms with Gasteiger partial charge in [0.05, 0.1) is 12.3 Å². The van der Waals surface area contributed by atoms with Crippen LogP contribution in [0.3, 0.4) is 0 Å². The van der Waals surface area contributed by atoms with E-state index in [1.165, 1.54) is 0 Å². The van der Waals surface area contributed by atoms with Crippen molar-refractivity contribution in [2.75, 3.05) is 0 Å². The molecule has 2 saturated carbocycles. The number of ether oxygens (including phenoxy) is 1. The van der Waals surface area contributed by atoms with Gasteiger partial charge in [-0.25, -0.2) is 13.2 Å². The number of hydrogen-bond acceptors (Lipinski definition) is 2. The minimum absolute atomic E-state index is 0.0792. The van der Waals surface area contributed by atoms with E-state index in [-0.39, 0.29) is 18.9 Å². The van der Waals surface area contributed by atoms with Crippen LogP contribution < -0.4 is 4.74 Å². The van der Waals surface area contributed by atoms with Crippen LogP contribution >= 0.6 is 0 Å². The number of halogens is 9. The van der Waals surface area contributed by atoms with Gasteiger partial charge >= 0.3 is 12.5 Å². The van der Waals surface area contributed by atoms with Gasteiger partial charge in [0, 0.05) is 22.6 Å². The molecule has 0 radical (unpaired) electrons. The first kappa shape index (κ1) is 19.9. The van der Waals surface area contributed by atoms with Gasteiger partial charge in [-0.2, -0.15) is 13.2 Å². The van der Waals surface area contributed by atoms with Crippen LogP contribution in [0.2, 0.25) is 0 Å². The molecule has 0 spiro atoms. The van der Waals surface area contributed by atoms with Crippen molar-refractivity contribution in [3.05, 3.63) is 23.3 Å².